The molecule has 2 aliphatic heterocycles. The number of aromatic nitrogens is 1. The Bertz CT molecular complexity index is 1170. The molecular weight excluding hydrogens is 426 g/mol. The third kappa shape index (κ3) is 3.71. The van der Waals surface area contributed by atoms with E-state index in [1.54, 1.807) is 12.0 Å². The number of methoxy groups -OCH3 is 1. The summed E-state index contributed by atoms with van der Waals surface area (Å²) in [5.74, 6) is 1.34. The number of hydrogen-bond donors (Lipinski definition) is 0. The molecule has 1 aromatic heterocycles. The molecule has 2 aromatic carbocycles. The van der Waals surface area contributed by atoms with Gasteiger partial charge in [-0.2, -0.15) is 0 Å². The fraction of sp³-hybridized carbons (Fsp3) is 0.400. The molecule has 0 atom stereocenters. The van der Waals surface area contributed by atoms with E-state index >= 15 is 0 Å². The minimum absolute atomic E-state index is 0.00245. The number of anilines is 1. The van der Waals surface area contributed by atoms with Crippen molar-refractivity contribution >= 4 is 34.1 Å². The second-order valence-corrected chi connectivity index (χ2v) is 8.96. The van der Waals surface area contributed by atoms with Crippen LogP contribution in [0.25, 0.3) is 10.9 Å². The van der Waals surface area contributed by atoms with E-state index in [-0.39, 0.29) is 5.91 Å². The highest BCUT2D eigenvalue weighted by Gasteiger charge is 2.34. The van der Waals surface area contributed by atoms with Gasteiger partial charge in [-0.15, -0.1) is 0 Å². The minimum Gasteiger partial charge on any atom is -0.493 e. The Morgan fingerprint density at radius 1 is 1.03 bits per heavy atom. The molecule has 32 heavy (non-hydrogen) atoms. The summed E-state index contributed by atoms with van der Waals surface area (Å²) >= 11 is 6.17. The van der Waals surface area contributed by atoms with E-state index in [9.17, 15) is 4.79 Å². The molecule has 1 saturated heterocycles. The first-order valence-electron chi connectivity index (χ1n) is 11.2. The van der Waals surface area contributed by atoms with Crippen molar-refractivity contribution in [2.75, 3.05) is 38.3 Å². The van der Waals surface area contributed by atoms with Gasteiger partial charge >= 0.3 is 0 Å². The highest BCUT2D eigenvalue weighted by atomic mass is 35.5. The summed E-state index contributed by atoms with van der Waals surface area (Å²) < 4.78 is 13.7. The van der Waals surface area contributed by atoms with Gasteiger partial charge in [-0.1, -0.05) is 24.1 Å². The third-order valence-corrected chi connectivity index (χ3v) is 6.86. The lowest BCUT2D eigenvalue weighted by Crippen LogP contribution is -2.33. The van der Waals surface area contributed by atoms with Crippen LogP contribution in [-0.2, 0) is 13.6 Å². The predicted molar refractivity (Wildman–Crippen MR) is 127 cm³/mol. The lowest BCUT2D eigenvalue weighted by molar-refractivity contribution is 0.0998. The summed E-state index contributed by atoms with van der Waals surface area (Å²) in [5.41, 5.74) is 3.53. The Kier molecular flexibility index (Phi) is 5.74. The van der Waals surface area contributed by atoms with Crippen molar-refractivity contribution in [2.45, 2.75) is 25.8 Å². The van der Waals surface area contributed by atoms with Crippen LogP contribution >= 0.6 is 11.6 Å². The van der Waals surface area contributed by atoms with Crippen LogP contribution in [0.3, 0.4) is 0 Å². The Labute approximate surface area is 193 Å². The van der Waals surface area contributed by atoms with Crippen LogP contribution in [0, 0.1) is 0 Å². The molecule has 1 amide bonds. The van der Waals surface area contributed by atoms with E-state index in [0.29, 0.717) is 29.7 Å². The predicted octanol–water partition coefficient (Wildman–Crippen LogP) is 4.87. The van der Waals surface area contributed by atoms with Gasteiger partial charge in [0.1, 0.15) is 6.61 Å². The van der Waals surface area contributed by atoms with E-state index in [2.05, 4.69) is 9.47 Å². The summed E-state index contributed by atoms with van der Waals surface area (Å²) in [5, 5.41) is 1.61. The van der Waals surface area contributed by atoms with Gasteiger partial charge in [-0.25, -0.2) is 0 Å². The quantitative estimate of drug-likeness (QED) is 0.534. The van der Waals surface area contributed by atoms with Crippen molar-refractivity contribution in [2.24, 2.45) is 7.05 Å². The maximum Gasteiger partial charge on any atom is 0.261 e. The number of likely N-dealkylation sites (tertiary alicyclic amines) is 1. The molecule has 6 nitrogen and oxygen atoms in total. The number of nitrogens with zero attached hydrogens (tertiary/aromatic N) is 3. The topological polar surface area (TPSA) is 46.9 Å². The number of fused-ring (bicyclic) bond motifs is 3. The molecule has 0 unspecified atom stereocenters. The molecule has 0 saturated carbocycles. The van der Waals surface area contributed by atoms with Gasteiger partial charge in [-0.3, -0.25) is 9.69 Å². The first-order chi connectivity index (χ1) is 15.6. The van der Waals surface area contributed by atoms with Gasteiger partial charge in [0.05, 0.1) is 30.4 Å². The number of ether oxygens (including phenoxy) is 2. The lowest BCUT2D eigenvalue weighted by Gasteiger charge is -2.26. The maximum atomic E-state index is 13.4. The van der Waals surface area contributed by atoms with Crippen LogP contribution in [-0.4, -0.2) is 48.7 Å². The van der Waals surface area contributed by atoms with E-state index in [4.69, 9.17) is 21.1 Å². The van der Waals surface area contributed by atoms with Crippen molar-refractivity contribution in [1.82, 2.24) is 9.47 Å². The molecule has 0 aliphatic carbocycles. The molecular formula is C25H28ClN3O3. The van der Waals surface area contributed by atoms with Crippen molar-refractivity contribution in [3.63, 3.8) is 0 Å². The zero-order chi connectivity index (χ0) is 22.2. The van der Waals surface area contributed by atoms with Gasteiger partial charge in [0, 0.05) is 35.8 Å². The Morgan fingerprint density at radius 2 is 1.84 bits per heavy atom. The summed E-state index contributed by atoms with van der Waals surface area (Å²) in [6.45, 7) is 4.28. The molecule has 0 radical (unpaired) electrons. The number of carbonyl (C=O) groups excluding carboxylic acids is 1. The van der Waals surface area contributed by atoms with Gasteiger partial charge in [0.15, 0.2) is 11.5 Å². The van der Waals surface area contributed by atoms with Crippen molar-refractivity contribution < 1.29 is 14.3 Å². The van der Waals surface area contributed by atoms with E-state index in [1.165, 1.54) is 19.3 Å². The molecule has 3 heterocycles. The molecule has 168 valence electrons. The summed E-state index contributed by atoms with van der Waals surface area (Å²) in [6.07, 6.45) is 3.84. The normalized spacial score (nSPS) is 16.6. The number of aryl methyl sites for hydroxylation is 1. The molecule has 0 spiro atoms. The van der Waals surface area contributed by atoms with Crippen LogP contribution < -0.4 is 14.4 Å². The summed E-state index contributed by atoms with van der Waals surface area (Å²) in [7, 11) is 3.62. The van der Waals surface area contributed by atoms with Crippen LogP contribution in [0.1, 0.15) is 35.3 Å². The zero-order valence-electron chi connectivity index (χ0n) is 18.6. The first kappa shape index (κ1) is 21.2. The van der Waals surface area contributed by atoms with Gasteiger partial charge < -0.3 is 18.9 Å². The summed E-state index contributed by atoms with van der Waals surface area (Å²) in [6, 6.07) is 11.4. The van der Waals surface area contributed by atoms with E-state index in [1.807, 2.05) is 43.4 Å². The number of benzene rings is 2. The van der Waals surface area contributed by atoms with Gasteiger partial charge in [-0.05, 0) is 50.2 Å². The number of rotatable bonds is 6. The average Bonchev–Trinajstić information content (AvgIpc) is 3.29. The molecule has 5 rings (SSSR count). The minimum atomic E-state index is -0.00245. The molecule has 0 N–H and O–H groups in total. The maximum absolute atomic E-state index is 13.4. The molecule has 7 heteroatoms. The fourth-order valence-electron chi connectivity index (χ4n) is 4.86. The average molecular weight is 454 g/mol. The van der Waals surface area contributed by atoms with E-state index in [0.717, 1.165) is 47.5 Å². The molecule has 3 aromatic rings. The number of halogens is 1. The fourth-order valence-corrected chi connectivity index (χ4v) is 5.03. The first-order valence-corrected chi connectivity index (χ1v) is 11.6. The number of piperidine rings is 1. The number of hydrogen-bond acceptors (Lipinski definition) is 4. The Morgan fingerprint density at radius 3 is 2.62 bits per heavy atom. The second kappa shape index (κ2) is 8.68. The monoisotopic (exact) mass is 453 g/mol. The highest BCUT2D eigenvalue weighted by molar-refractivity contribution is 6.31. The smallest absolute Gasteiger partial charge is 0.261 e. The van der Waals surface area contributed by atoms with Gasteiger partial charge in [0.25, 0.3) is 5.91 Å². The number of carbonyl (C=O) groups is 1. The lowest BCUT2D eigenvalue weighted by atomic mass is 10.1. The van der Waals surface area contributed by atoms with Crippen molar-refractivity contribution in [1.29, 1.82) is 0 Å². The van der Waals surface area contributed by atoms with Crippen molar-refractivity contribution in [3.05, 3.63) is 52.7 Å². The van der Waals surface area contributed by atoms with Gasteiger partial charge in [0.2, 0.25) is 0 Å². The highest BCUT2D eigenvalue weighted by Crippen LogP contribution is 2.39. The Balaban J connectivity index is 1.37. The number of amides is 1. The second-order valence-electron chi connectivity index (χ2n) is 8.52. The van der Waals surface area contributed by atoms with Crippen LogP contribution in [0.5, 0.6) is 11.5 Å². The van der Waals surface area contributed by atoms with Crippen molar-refractivity contribution in [3.8, 4) is 11.5 Å². The Hall–Kier alpha value is -2.70. The van der Waals surface area contributed by atoms with E-state index < -0.39 is 0 Å². The summed E-state index contributed by atoms with van der Waals surface area (Å²) in [4.78, 5) is 17.6. The van der Waals surface area contributed by atoms with Crippen LogP contribution in [0.4, 0.5) is 5.69 Å². The third-order valence-electron chi connectivity index (χ3n) is 6.62. The SMILES string of the molecule is COc1ccc(N2Cc3c(c4ccc(Cl)cc4n3C)C2=O)cc1OCCN1CCCCC1. The molecule has 0 bridgehead atoms. The standard InChI is InChI=1S/C25H28ClN3O3/c1-27-20-14-17(26)6-8-19(20)24-21(27)16-29(25(24)30)18-7-9-22(31-2)23(15-18)32-13-12-28-10-4-3-5-11-28/h6-9,14-15H,3-5,10-13,16H2,1-2H3. The largest absolute Gasteiger partial charge is 0.493 e. The van der Waals surface area contributed by atoms with Crippen LogP contribution in [0.2, 0.25) is 5.02 Å². The molecule has 2 aliphatic rings. The van der Waals surface area contributed by atoms with Crippen LogP contribution in [0.15, 0.2) is 36.4 Å². The zero-order valence-corrected chi connectivity index (χ0v) is 19.3. The molecule has 1 fully saturated rings.